The molecule has 2 heteroatoms. The Bertz CT molecular complexity index is 2860. The van der Waals surface area contributed by atoms with E-state index in [9.17, 15) is 0 Å². The van der Waals surface area contributed by atoms with Gasteiger partial charge in [0.15, 0.2) is 0 Å². The predicted octanol–water partition coefficient (Wildman–Crippen LogP) is 13.6. The van der Waals surface area contributed by atoms with E-state index in [2.05, 4.69) is 164 Å². The van der Waals surface area contributed by atoms with Crippen LogP contribution in [0.2, 0.25) is 0 Å². The number of nitrogens with zero attached hydrogens (tertiary/aromatic N) is 1. The van der Waals surface area contributed by atoms with Crippen LogP contribution in [0, 0.1) is 0 Å². The minimum absolute atomic E-state index is 0.911. The molecule has 0 saturated carbocycles. The monoisotopic (exact) mass is 647 g/mol. The van der Waals surface area contributed by atoms with Gasteiger partial charge >= 0.3 is 0 Å². The summed E-state index contributed by atoms with van der Waals surface area (Å²) in [7, 11) is 0. The number of fused-ring (bicyclic) bond motifs is 2. The molecule has 51 heavy (non-hydrogen) atoms. The molecule has 236 valence electrons. The topological polar surface area (TPSA) is 22.1 Å². The number of ether oxygens (including phenoxy) is 1. The second-order valence-electron chi connectivity index (χ2n) is 13.5. The van der Waals surface area contributed by atoms with Crippen LogP contribution in [0.4, 0.5) is 0 Å². The fourth-order valence-corrected chi connectivity index (χ4v) is 8.20. The van der Waals surface area contributed by atoms with Crippen molar-refractivity contribution < 1.29 is 4.74 Å². The molecule has 9 aromatic carbocycles. The first-order valence-corrected chi connectivity index (χ1v) is 17.4. The molecule has 1 aliphatic rings. The quantitative estimate of drug-likeness (QED) is 0.177. The summed E-state index contributed by atoms with van der Waals surface area (Å²) in [6, 6.07) is 63.2. The van der Waals surface area contributed by atoms with Crippen LogP contribution in [0.25, 0.3) is 99.0 Å². The molecule has 0 unspecified atom stereocenters. The molecule has 0 saturated heterocycles. The molecule has 11 rings (SSSR count). The predicted molar refractivity (Wildman–Crippen MR) is 213 cm³/mol. The normalized spacial score (nSPS) is 12.1. The first-order chi connectivity index (χ1) is 25.2. The molecule has 0 spiro atoms. The van der Waals surface area contributed by atoms with Crippen LogP contribution in [-0.2, 0) is 0 Å². The molecule has 0 amide bonds. The van der Waals surface area contributed by atoms with Gasteiger partial charge in [-0.15, -0.1) is 0 Å². The fourth-order valence-electron chi connectivity index (χ4n) is 8.20. The lowest BCUT2D eigenvalue weighted by Gasteiger charge is -2.22. The SMILES string of the molecule is c1ccc(-c2cc(-c3cc4ccc5cc(-c6ccc7c8c(cccc68)-c6ccccc6O7)cc6ccc(c3)c4c56)cc(-c3ccccc3)n2)cc1. The van der Waals surface area contributed by atoms with E-state index in [1.54, 1.807) is 0 Å². The number of benzene rings is 9. The van der Waals surface area contributed by atoms with E-state index in [0.717, 1.165) is 45.1 Å². The maximum absolute atomic E-state index is 6.40. The largest absolute Gasteiger partial charge is 0.456 e. The molecule has 0 bridgehead atoms. The molecule has 0 atom stereocenters. The summed E-state index contributed by atoms with van der Waals surface area (Å²) in [4.78, 5) is 5.11. The van der Waals surface area contributed by atoms with Crippen molar-refractivity contribution in [3.05, 3.63) is 176 Å². The Labute approximate surface area is 295 Å². The summed E-state index contributed by atoms with van der Waals surface area (Å²) in [5.74, 6) is 1.83. The highest BCUT2D eigenvalue weighted by Gasteiger charge is 2.22. The minimum Gasteiger partial charge on any atom is -0.456 e. The van der Waals surface area contributed by atoms with Crippen LogP contribution >= 0.6 is 0 Å². The van der Waals surface area contributed by atoms with Crippen molar-refractivity contribution in [2.24, 2.45) is 0 Å². The van der Waals surface area contributed by atoms with Crippen molar-refractivity contribution in [3.8, 4) is 67.4 Å². The lowest BCUT2D eigenvalue weighted by atomic mass is 9.87. The molecule has 10 aromatic rings. The molecule has 2 nitrogen and oxygen atoms in total. The molecule has 0 N–H and O–H groups in total. The van der Waals surface area contributed by atoms with Crippen LogP contribution in [0.5, 0.6) is 11.5 Å². The van der Waals surface area contributed by atoms with Crippen molar-refractivity contribution in [3.63, 3.8) is 0 Å². The second-order valence-corrected chi connectivity index (χ2v) is 13.5. The van der Waals surface area contributed by atoms with Crippen molar-refractivity contribution in [1.82, 2.24) is 4.98 Å². The van der Waals surface area contributed by atoms with Gasteiger partial charge in [0.25, 0.3) is 0 Å². The first-order valence-electron chi connectivity index (χ1n) is 17.4. The molecule has 0 fully saturated rings. The van der Waals surface area contributed by atoms with Crippen LogP contribution in [-0.4, -0.2) is 4.98 Å². The van der Waals surface area contributed by atoms with Crippen LogP contribution in [0.15, 0.2) is 176 Å². The van der Waals surface area contributed by atoms with Gasteiger partial charge in [0, 0.05) is 22.1 Å². The van der Waals surface area contributed by atoms with E-state index >= 15 is 0 Å². The van der Waals surface area contributed by atoms with Crippen LogP contribution in [0.3, 0.4) is 0 Å². The van der Waals surface area contributed by atoms with Crippen LogP contribution < -0.4 is 4.74 Å². The molecule has 1 aliphatic heterocycles. The van der Waals surface area contributed by atoms with Gasteiger partial charge in [-0.1, -0.05) is 127 Å². The minimum atomic E-state index is 0.911. The standard InChI is InChI=1S/C49H29NO/c1-3-10-30(11-4-1)43-28-37(29-44(50-43)31-12-5-2-6-13-31)36-24-32-18-20-34-26-38(27-35-21-19-33(25-36)47(32)48(34)35)39-22-23-46-49-41(39)15-9-16-42(49)40-14-7-8-17-45(40)51-46/h1-29H. The van der Waals surface area contributed by atoms with Gasteiger partial charge in [-0.2, -0.15) is 0 Å². The Morgan fingerprint density at radius 2 is 0.843 bits per heavy atom. The zero-order valence-corrected chi connectivity index (χ0v) is 27.6. The molecule has 0 radical (unpaired) electrons. The Kier molecular flexibility index (Phi) is 5.99. The number of para-hydroxylation sites is 1. The number of aromatic nitrogens is 1. The third-order valence-corrected chi connectivity index (χ3v) is 10.5. The van der Waals surface area contributed by atoms with E-state index in [-0.39, 0.29) is 0 Å². The number of hydrogen-bond acceptors (Lipinski definition) is 2. The second kappa shape index (κ2) is 10.9. The Morgan fingerprint density at radius 3 is 1.47 bits per heavy atom. The van der Waals surface area contributed by atoms with Crippen molar-refractivity contribution >= 4 is 43.1 Å². The summed E-state index contributed by atoms with van der Waals surface area (Å²) in [6.45, 7) is 0. The van der Waals surface area contributed by atoms with Crippen molar-refractivity contribution in [1.29, 1.82) is 0 Å². The summed E-state index contributed by atoms with van der Waals surface area (Å²) in [5.41, 5.74) is 11.3. The van der Waals surface area contributed by atoms with Gasteiger partial charge in [-0.25, -0.2) is 4.98 Å². The third-order valence-electron chi connectivity index (χ3n) is 10.5. The number of hydrogen-bond donors (Lipinski definition) is 0. The molecular formula is C49H29NO. The first kappa shape index (κ1) is 28.1. The van der Waals surface area contributed by atoms with Gasteiger partial charge in [0.05, 0.1) is 11.4 Å². The number of rotatable bonds is 4. The van der Waals surface area contributed by atoms with Crippen LogP contribution in [0.1, 0.15) is 0 Å². The maximum atomic E-state index is 6.40. The highest BCUT2D eigenvalue weighted by Crippen LogP contribution is 2.49. The molecular weight excluding hydrogens is 619 g/mol. The van der Waals surface area contributed by atoms with Gasteiger partial charge in [-0.3, -0.25) is 0 Å². The van der Waals surface area contributed by atoms with Crippen molar-refractivity contribution in [2.75, 3.05) is 0 Å². The summed E-state index contributed by atoms with van der Waals surface area (Å²) < 4.78 is 6.40. The number of pyridine rings is 1. The molecule has 0 aliphatic carbocycles. The van der Waals surface area contributed by atoms with E-state index in [1.807, 2.05) is 12.1 Å². The summed E-state index contributed by atoms with van der Waals surface area (Å²) in [5, 5.41) is 9.98. The summed E-state index contributed by atoms with van der Waals surface area (Å²) in [6.07, 6.45) is 0. The van der Waals surface area contributed by atoms with Crippen molar-refractivity contribution in [2.45, 2.75) is 0 Å². The van der Waals surface area contributed by atoms with E-state index < -0.39 is 0 Å². The fraction of sp³-hybridized carbons (Fsp3) is 0. The Morgan fingerprint density at radius 1 is 0.314 bits per heavy atom. The lowest BCUT2D eigenvalue weighted by Crippen LogP contribution is -1.97. The smallest absolute Gasteiger partial charge is 0.135 e. The van der Waals surface area contributed by atoms with E-state index in [1.165, 1.54) is 65.3 Å². The summed E-state index contributed by atoms with van der Waals surface area (Å²) >= 11 is 0. The van der Waals surface area contributed by atoms with Gasteiger partial charge in [-0.05, 0) is 114 Å². The van der Waals surface area contributed by atoms with E-state index in [0.29, 0.717) is 0 Å². The highest BCUT2D eigenvalue weighted by molar-refractivity contribution is 6.25. The average Bonchev–Trinajstić information content (AvgIpc) is 3.20. The van der Waals surface area contributed by atoms with Gasteiger partial charge in [0.1, 0.15) is 11.5 Å². The van der Waals surface area contributed by atoms with Gasteiger partial charge < -0.3 is 4.74 Å². The van der Waals surface area contributed by atoms with Gasteiger partial charge in [0.2, 0.25) is 0 Å². The third kappa shape index (κ3) is 4.40. The lowest BCUT2D eigenvalue weighted by molar-refractivity contribution is 0.487. The molecule has 2 heterocycles. The van der Waals surface area contributed by atoms with E-state index in [4.69, 9.17) is 9.72 Å². The maximum Gasteiger partial charge on any atom is 0.135 e. The molecule has 1 aromatic heterocycles. The Balaban J connectivity index is 1.07. The average molecular weight is 648 g/mol. The zero-order valence-electron chi connectivity index (χ0n) is 27.6. The Hall–Kier alpha value is -6.77. The highest BCUT2D eigenvalue weighted by atomic mass is 16.5. The zero-order chi connectivity index (χ0) is 33.5.